The first-order chi connectivity index (χ1) is 13.9. The Labute approximate surface area is 171 Å². The molecule has 1 aliphatic rings. The Morgan fingerprint density at radius 1 is 0.966 bits per heavy atom. The molecule has 3 aromatic rings. The Bertz CT molecular complexity index is 1010. The molecule has 4 heteroatoms. The second-order valence-corrected chi connectivity index (χ2v) is 8.21. The van der Waals surface area contributed by atoms with E-state index < -0.39 is 5.60 Å². The number of unbranched alkanes of at least 4 members (excludes halogenated alkanes) is 2. The van der Waals surface area contributed by atoms with Gasteiger partial charge in [0.1, 0.15) is 22.9 Å². The summed E-state index contributed by atoms with van der Waals surface area (Å²) >= 11 is 0. The third-order valence-electron chi connectivity index (χ3n) is 5.59. The van der Waals surface area contributed by atoms with Gasteiger partial charge in [0.2, 0.25) is 0 Å². The third-order valence-corrected chi connectivity index (χ3v) is 5.59. The highest BCUT2D eigenvalue weighted by molar-refractivity contribution is 5.81. The normalized spacial score (nSPS) is 14.0. The summed E-state index contributed by atoms with van der Waals surface area (Å²) in [6.45, 7) is 4.07. The van der Waals surface area contributed by atoms with Gasteiger partial charge in [-0.2, -0.15) is 0 Å². The molecule has 0 spiro atoms. The minimum Gasteiger partial charge on any atom is -0.507 e. The fraction of sp³-hybridized carbons (Fsp3) is 0.320. The first-order valence-electron chi connectivity index (χ1n) is 10.2. The molecule has 0 radical (unpaired) electrons. The van der Waals surface area contributed by atoms with Crippen LogP contribution in [0, 0.1) is 5.82 Å². The molecule has 3 nitrogen and oxygen atoms in total. The summed E-state index contributed by atoms with van der Waals surface area (Å²) in [4.78, 5) is 4.24. The van der Waals surface area contributed by atoms with E-state index >= 15 is 0 Å². The van der Waals surface area contributed by atoms with Crippen molar-refractivity contribution in [2.24, 2.45) is 0 Å². The number of phenols is 1. The average molecular weight is 391 g/mol. The van der Waals surface area contributed by atoms with Gasteiger partial charge in [0.05, 0.1) is 5.56 Å². The molecule has 1 aromatic heterocycles. The van der Waals surface area contributed by atoms with Crippen molar-refractivity contribution in [1.29, 1.82) is 0 Å². The lowest BCUT2D eigenvalue weighted by Gasteiger charge is -2.35. The lowest BCUT2D eigenvalue weighted by Crippen LogP contribution is -2.29. The number of rotatable bonds is 6. The van der Waals surface area contributed by atoms with Crippen LogP contribution >= 0.6 is 0 Å². The Morgan fingerprint density at radius 2 is 1.69 bits per heavy atom. The number of nitrogens with zero attached hydrogens (tertiary/aromatic N) is 1. The number of ether oxygens (including phenoxy) is 1. The number of aryl methyl sites for hydroxylation is 2. The Hall–Kier alpha value is -2.88. The highest BCUT2D eigenvalue weighted by Crippen LogP contribution is 2.49. The van der Waals surface area contributed by atoms with Gasteiger partial charge in [-0.25, -0.2) is 4.39 Å². The van der Waals surface area contributed by atoms with Crippen LogP contribution in [0.5, 0.6) is 11.5 Å². The fourth-order valence-electron chi connectivity index (χ4n) is 4.09. The summed E-state index contributed by atoms with van der Waals surface area (Å²) in [5.74, 6) is 0.773. The smallest absolute Gasteiger partial charge is 0.132 e. The SMILES string of the molecule is CC1(C)Oc2cc(CCCCCc3ccc(F)cc3)cc(O)c2-c2cnccc21. The van der Waals surface area contributed by atoms with Crippen molar-refractivity contribution < 1.29 is 14.2 Å². The molecule has 0 saturated carbocycles. The van der Waals surface area contributed by atoms with E-state index in [9.17, 15) is 9.50 Å². The summed E-state index contributed by atoms with van der Waals surface area (Å²) in [7, 11) is 0. The van der Waals surface area contributed by atoms with Gasteiger partial charge in [-0.3, -0.25) is 4.98 Å². The largest absolute Gasteiger partial charge is 0.507 e. The fourth-order valence-corrected chi connectivity index (χ4v) is 4.09. The maximum absolute atomic E-state index is 13.0. The first-order valence-corrected chi connectivity index (χ1v) is 10.2. The van der Waals surface area contributed by atoms with Crippen LogP contribution in [0.2, 0.25) is 0 Å². The van der Waals surface area contributed by atoms with E-state index in [1.807, 2.05) is 44.2 Å². The Balaban J connectivity index is 1.42. The molecule has 0 fully saturated rings. The first kappa shape index (κ1) is 19.4. The van der Waals surface area contributed by atoms with Crippen molar-refractivity contribution >= 4 is 0 Å². The molecule has 29 heavy (non-hydrogen) atoms. The number of benzene rings is 2. The minimum absolute atomic E-state index is 0.190. The lowest BCUT2D eigenvalue weighted by molar-refractivity contribution is 0.105. The predicted molar refractivity (Wildman–Crippen MR) is 113 cm³/mol. The zero-order valence-electron chi connectivity index (χ0n) is 16.9. The summed E-state index contributed by atoms with van der Waals surface area (Å²) in [5.41, 5.74) is 4.47. The quantitative estimate of drug-likeness (QED) is 0.511. The molecule has 0 atom stereocenters. The van der Waals surface area contributed by atoms with Crippen LogP contribution in [0.3, 0.4) is 0 Å². The second-order valence-electron chi connectivity index (χ2n) is 8.21. The van der Waals surface area contributed by atoms with Crippen LogP contribution in [0.4, 0.5) is 4.39 Å². The van der Waals surface area contributed by atoms with Gasteiger partial charge in [-0.05, 0) is 81.0 Å². The predicted octanol–water partition coefficient (Wildman–Crippen LogP) is 6.18. The third kappa shape index (κ3) is 4.12. The number of aromatic hydroxyl groups is 1. The van der Waals surface area contributed by atoms with Crippen LogP contribution in [0.15, 0.2) is 54.9 Å². The van der Waals surface area contributed by atoms with Gasteiger partial charge >= 0.3 is 0 Å². The van der Waals surface area contributed by atoms with E-state index in [1.54, 1.807) is 12.4 Å². The summed E-state index contributed by atoms with van der Waals surface area (Å²) < 4.78 is 19.2. The lowest BCUT2D eigenvalue weighted by atomic mass is 9.86. The minimum atomic E-state index is -0.467. The molecular formula is C25H26FNO2. The number of hydrogen-bond acceptors (Lipinski definition) is 3. The summed E-state index contributed by atoms with van der Waals surface area (Å²) in [6, 6.07) is 12.6. The van der Waals surface area contributed by atoms with Crippen LogP contribution in [-0.4, -0.2) is 10.1 Å². The average Bonchev–Trinajstić information content (AvgIpc) is 2.68. The van der Waals surface area contributed by atoms with Crippen molar-refractivity contribution in [2.45, 2.75) is 51.6 Å². The monoisotopic (exact) mass is 391 g/mol. The van der Waals surface area contributed by atoms with E-state index in [-0.39, 0.29) is 11.6 Å². The van der Waals surface area contributed by atoms with Gasteiger partial charge in [0.15, 0.2) is 0 Å². The maximum atomic E-state index is 13.0. The van der Waals surface area contributed by atoms with Crippen LogP contribution in [0.1, 0.15) is 49.8 Å². The van der Waals surface area contributed by atoms with Crippen LogP contribution in [-0.2, 0) is 18.4 Å². The number of phenolic OH excluding ortho intramolecular Hbond substituents is 1. The van der Waals surface area contributed by atoms with Crippen molar-refractivity contribution in [3.8, 4) is 22.6 Å². The number of aromatic nitrogens is 1. The van der Waals surface area contributed by atoms with Crippen molar-refractivity contribution in [2.75, 3.05) is 0 Å². The number of pyridine rings is 1. The van der Waals surface area contributed by atoms with Crippen molar-refractivity contribution in [1.82, 2.24) is 4.98 Å². The van der Waals surface area contributed by atoms with E-state index in [4.69, 9.17) is 4.74 Å². The molecule has 2 heterocycles. The van der Waals surface area contributed by atoms with Gasteiger partial charge in [-0.15, -0.1) is 0 Å². The molecule has 150 valence electrons. The molecule has 0 unspecified atom stereocenters. The zero-order chi connectivity index (χ0) is 20.4. The van der Waals surface area contributed by atoms with Crippen LogP contribution in [0.25, 0.3) is 11.1 Å². The van der Waals surface area contributed by atoms with E-state index in [0.717, 1.165) is 60.1 Å². The van der Waals surface area contributed by atoms with E-state index in [1.165, 1.54) is 17.7 Å². The van der Waals surface area contributed by atoms with Gasteiger partial charge in [0, 0.05) is 23.5 Å². The highest BCUT2D eigenvalue weighted by atomic mass is 19.1. The van der Waals surface area contributed by atoms with E-state index in [0.29, 0.717) is 0 Å². The van der Waals surface area contributed by atoms with E-state index in [2.05, 4.69) is 4.98 Å². The van der Waals surface area contributed by atoms with Crippen LogP contribution < -0.4 is 4.74 Å². The molecule has 0 amide bonds. The molecular weight excluding hydrogens is 365 g/mol. The second kappa shape index (κ2) is 7.86. The number of hydrogen-bond donors (Lipinski definition) is 1. The molecule has 0 saturated heterocycles. The Kier molecular flexibility index (Phi) is 5.27. The number of halogens is 1. The Morgan fingerprint density at radius 3 is 2.45 bits per heavy atom. The highest BCUT2D eigenvalue weighted by Gasteiger charge is 2.34. The van der Waals surface area contributed by atoms with Gasteiger partial charge < -0.3 is 9.84 Å². The molecule has 2 aromatic carbocycles. The zero-order valence-corrected chi connectivity index (χ0v) is 16.9. The molecule has 0 aliphatic carbocycles. The van der Waals surface area contributed by atoms with Crippen molar-refractivity contribution in [3.05, 3.63) is 77.4 Å². The van der Waals surface area contributed by atoms with Gasteiger partial charge in [0.25, 0.3) is 0 Å². The molecule has 0 bridgehead atoms. The van der Waals surface area contributed by atoms with Crippen molar-refractivity contribution in [3.63, 3.8) is 0 Å². The summed E-state index contributed by atoms with van der Waals surface area (Å²) in [5, 5.41) is 10.7. The number of fused-ring (bicyclic) bond motifs is 3. The van der Waals surface area contributed by atoms with Gasteiger partial charge in [-0.1, -0.05) is 18.6 Å². The maximum Gasteiger partial charge on any atom is 0.132 e. The molecule has 1 N–H and O–H groups in total. The summed E-state index contributed by atoms with van der Waals surface area (Å²) in [6.07, 6.45) is 8.56. The standard InChI is InChI=1S/C25H26FNO2/c1-25(2)21-12-13-27-16-20(21)24-22(28)14-18(15-23(24)29-25)7-5-3-4-6-17-8-10-19(26)11-9-17/h8-16,28H,3-7H2,1-2H3. The molecule has 1 aliphatic heterocycles. The topological polar surface area (TPSA) is 42.4 Å². The molecule has 4 rings (SSSR count).